The SMILES string of the molecule is COc1ccc(Nc2ccc(N(C)c3ccc(C45CC6CC(C6)CC(C4)C5)cc3)cc2C)c(C(=O)O)c1. The van der Waals surface area contributed by atoms with Crippen LogP contribution in [0.15, 0.2) is 60.7 Å². The van der Waals surface area contributed by atoms with Gasteiger partial charge in [-0.3, -0.25) is 0 Å². The monoisotopic (exact) mass is 496 g/mol. The number of aromatic carboxylic acids is 1. The number of nitrogens with one attached hydrogen (secondary N) is 1. The molecule has 2 N–H and O–H groups in total. The molecule has 6 aliphatic carbocycles. The summed E-state index contributed by atoms with van der Waals surface area (Å²) in [4.78, 5) is 14.0. The van der Waals surface area contributed by atoms with E-state index in [0.29, 0.717) is 16.9 Å². The maximum Gasteiger partial charge on any atom is 0.337 e. The Morgan fingerprint density at radius 3 is 2.22 bits per heavy atom. The standard InChI is InChI=1S/C32H36N2O3/c1-20-12-26(8-10-29(20)33-30-11-9-27(37-3)16-28(30)31(35)36)34(2)25-6-4-24(5-7-25)32-17-22-13-21(14-22)15-23(18-32)19-32/h4-12,16,21-23,33H,13-15,17-19H2,1-3H3,(H,35,36). The number of carboxylic acid groups (broad SMARTS) is 1. The topological polar surface area (TPSA) is 61.8 Å². The van der Waals surface area contributed by atoms with E-state index in [-0.39, 0.29) is 5.56 Å². The van der Waals surface area contributed by atoms with E-state index in [4.69, 9.17) is 4.74 Å². The minimum absolute atomic E-state index is 0.179. The van der Waals surface area contributed by atoms with E-state index < -0.39 is 5.97 Å². The maximum atomic E-state index is 11.8. The third-order valence-corrected chi connectivity index (χ3v) is 9.23. The zero-order chi connectivity index (χ0) is 25.7. The number of benzene rings is 3. The summed E-state index contributed by atoms with van der Waals surface area (Å²) < 4.78 is 5.19. The summed E-state index contributed by atoms with van der Waals surface area (Å²) in [5, 5.41) is 12.9. The first kappa shape index (κ1) is 23.9. The lowest BCUT2D eigenvalue weighted by Gasteiger charge is -2.57. The van der Waals surface area contributed by atoms with Crippen molar-refractivity contribution in [2.45, 2.75) is 50.9 Å². The number of methoxy groups -OCH3 is 1. The molecule has 0 radical (unpaired) electrons. The van der Waals surface area contributed by atoms with E-state index in [0.717, 1.165) is 34.7 Å². The molecule has 0 saturated heterocycles. The van der Waals surface area contributed by atoms with Crippen molar-refractivity contribution in [1.82, 2.24) is 0 Å². The molecule has 5 heteroatoms. The summed E-state index contributed by atoms with van der Waals surface area (Å²) >= 11 is 0. The minimum Gasteiger partial charge on any atom is -0.497 e. The Labute approximate surface area is 219 Å². The molecule has 4 bridgehead atoms. The summed E-state index contributed by atoms with van der Waals surface area (Å²) in [6.45, 7) is 2.04. The molecule has 192 valence electrons. The number of ether oxygens (including phenoxy) is 1. The third kappa shape index (κ3) is 4.35. The van der Waals surface area contributed by atoms with Crippen LogP contribution in [0.4, 0.5) is 22.7 Å². The molecule has 0 spiro atoms. The molecule has 3 aromatic rings. The summed E-state index contributed by atoms with van der Waals surface area (Å²) in [7, 11) is 3.63. The molecule has 0 amide bonds. The smallest absolute Gasteiger partial charge is 0.337 e. The van der Waals surface area contributed by atoms with Crippen LogP contribution in [0.1, 0.15) is 60.0 Å². The lowest BCUT2D eigenvalue weighted by molar-refractivity contribution is -0.00564. The highest BCUT2D eigenvalue weighted by Crippen LogP contribution is 2.61. The Hall–Kier alpha value is -3.47. The average Bonchev–Trinajstić information content (AvgIpc) is 2.82. The van der Waals surface area contributed by atoms with Crippen LogP contribution in [0, 0.1) is 24.7 Å². The van der Waals surface area contributed by atoms with Crippen LogP contribution < -0.4 is 15.0 Å². The summed E-state index contributed by atoms with van der Waals surface area (Å²) in [6, 6.07) is 20.6. The van der Waals surface area contributed by atoms with Crippen LogP contribution in [0.5, 0.6) is 5.75 Å². The van der Waals surface area contributed by atoms with E-state index in [1.54, 1.807) is 12.1 Å². The van der Waals surface area contributed by atoms with Crippen molar-refractivity contribution < 1.29 is 14.6 Å². The fourth-order valence-electron chi connectivity index (χ4n) is 7.25. The van der Waals surface area contributed by atoms with Crippen LogP contribution in [0.25, 0.3) is 0 Å². The molecule has 5 nitrogen and oxygen atoms in total. The Morgan fingerprint density at radius 1 is 0.892 bits per heavy atom. The average molecular weight is 497 g/mol. The number of carbonyl (C=O) groups is 1. The van der Waals surface area contributed by atoms with Crippen LogP contribution in [0.2, 0.25) is 0 Å². The Bertz CT molecular complexity index is 1320. The highest BCUT2D eigenvalue weighted by Gasteiger charge is 2.51. The fraction of sp³-hybridized carbons (Fsp3) is 0.406. The summed E-state index contributed by atoms with van der Waals surface area (Å²) in [5.41, 5.74) is 6.87. The number of nitrogens with zero attached hydrogens (tertiary/aromatic N) is 1. The van der Waals surface area contributed by atoms with E-state index in [1.165, 1.54) is 63.0 Å². The summed E-state index contributed by atoms with van der Waals surface area (Å²) in [5.74, 6) is 2.46. The van der Waals surface area contributed by atoms with Gasteiger partial charge < -0.3 is 20.1 Å². The van der Waals surface area contributed by atoms with Gasteiger partial charge in [-0.25, -0.2) is 4.79 Å². The minimum atomic E-state index is -0.993. The van der Waals surface area contributed by atoms with Crippen LogP contribution in [0.3, 0.4) is 0 Å². The predicted octanol–water partition coefficient (Wildman–Crippen LogP) is 7.68. The Kier molecular flexibility index (Phi) is 5.89. The van der Waals surface area contributed by atoms with Gasteiger partial charge in [0.25, 0.3) is 0 Å². The van der Waals surface area contributed by atoms with Crippen molar-refractivity contribution in [2.24, 2.45) is 17.8 Å². The molecular formula is C32H36N2O3. The second-order valence-corrected chi connectivity index (χ2v) is 11.6. The van der Waals surface area contributed by atoms with Gasteiger partial charge in [-0.1, -0.05) is 12.1 Å². The van der Waals surface area contributed by atoms with Gasteiger partial charge in [0.2, 0.25) is 0 Å². The second-order valence-electron chi connectivity index (χ2n) is 11.6. The van der Waals surface area contributed by atoms with Gasteiger partial charge in [0, 0.05) is 24.1 Å². The molecule has 37 heavy (non-hydrogen) atoms. The maximum absolute atomic E-state index is 11.8. The van der Waals surface area contributed by atoms with E-state index in [1.807, 2.05) is 13.0 Å². The highest BCUT2D eigenvalue weighted by atomic mass is 16.5. The van der Waals surface area contributed by atoms with Crippen LogP contribution in [-0.2, 0) is 5.41 Å². The third-order valence-electron chi connectivity index (χ3n) is 9.23. The zero-order valence-electron chi connectivity index (χ0n) is 22.0. The van der Waals surface area contributed by atoms with Gasteiger partial charge in [0.1, 0.15) is 5.75 Å². The number of rotatable bonds is 7. The molecule has 0 unspecified atom stereocenters. The molecule has 6 aliphatic rings. The first-order valence-corrected chi connectivity index (χ1v) is 13.5. The normalized spacial score (nSPS) is 25.6. The van der Waals surface area contributed by atoms with Crippen LogP contribution in [-0.4, -0.2) is 25.2 Å². The number of anilines is 4. The van der Waals surface area contributed by atoms with Gasteiger partial charge in [0.15, 0.2) is 0 Å². The van der Waals surface area contributed by atoms with E-state index >= 15 is 0 Å². The first-order chi connectivity index (χ1) is 17.8. The fourth-order valence-corrected chi connectivity index (χ4v) is 7.25. The van der Waals surface area contributed by atoms with E-state index in [9.17, 15) is 9.90 Å². The van der Waals surface area contributed by atoms with E-state index in [2.05, 4.69) is 53.7 Å². The van der Waals surface area contributed by atoms with Gasteiger partial charge in [-0.05, 0) is 128 Å². The Morgan fingerprint density at radius 2 is 1.54 bits per heavy atom. The summed E-state index contributed by atoms with van der Waals surface area (Å²) in [6.07, 6.45) is 8.58. The van der Waals surface area contributed by atoms with Crippen molar-refractivity contribution >= 4 is 28.7 Å². The quantitative estimate of drug-likeness (QED) is 0.351. The highest BCUT2D eigenvalue weighted by molar-refractivity contribution is 5.96. The van der Waals surface area contributed by atoms with Gasteiger partial charge in [-0.2, -0.15) is 0 Å². The molecule has 0 aromatic heterocycles. The van der Waals surface area contributed by atoms with Gasteiger partial charge in [0.05, 0.1) is 18.4 Å². The zero-order valence-corrected chi connectivity index (χ0v) is 22.0. The van der Waals surface area contributed by atoms with Crippen molar-refractivity contribution in [1.29, 1.82) is 0 Å². The van der Waals surface area contributed by atoms with Gasteiger partial charge >= 0.3 is 5.97 Å². The molecule has 9 rings (SSSR count). The lowest BCUT2D eigenvalue weighted by atomic mass is 9.47. The largest absolute Gasteiger partial charge is 0.497 e. The van der Waals surface area contributed by atoms with Crippen molar-refractivity contribution in [2.75, 3.05) is 24.4 Å². The molecule has 6 saturated carbocycles. The van der Waals surface area contributed by atoms with Crippen molar-refractivity contribution in [3.63, 3.8) is 0 Å². The van der Waals surface area contributed by atoms with Gasteiger partial charge in [-0.15, -0.1) is 0 Å². The predicted molar refractivity (Wildman–Crippen MR) is 149 cm³/mol. The van der Waals surface area contributed by atoms with Crippen molar-refractivity contribution in [3.8, 4) is 5.75 Å². The molecular weight excluding hydrogens is 460 g/mol. The molecule has 6 fully saturated rings. The first-order valence-electron chi connectivity index (χ1n) is 13.5. The number of hydrogen-bond acceptors (Lipinski definition) is 4. The molecule has 3 aromatic carbocycles. The Balaban J connectivity index is 1.18. The second kappa shape index (κ2) is 9.13. The number of carboxylic acids is 1. The van der Waals surface area contributed by atoms with Crippen molar-refractivity contribution in [3.05, 3.63) is 77.4 Å². The number of hydrogen-bond donors (Lipinski definition) is 2. The van der Waals surface area contributed by atoms with Crippen LogP contribution >= 0.6 is 0 Å². The molecule has 0 aliphatic heterocycles. The number of aryl methyl sites for hydroxylation is 1. The molecule has 0 atom stereocenters. The lowest BCUT2D eigenvalue weighted by Crippen LogP contribution is -2.49. The molecule has 0 heterocycles.